The van der Waals surface area contributed by atoms with Crippen molar-refractivity contribution in [2.45, 2.75) is 51.4 Å². The molecule has 1 aliphatic rings. The van der Waals surface area contributed by atoms with Gasteiger partial charge >= 0.3 is 0 Å². The maximum Gasteiger partial charge on any atom is 0.250 e. The third kappa shape index (κ3) is 3.30. The van der Waals surface area contributed by atoms with E-state index >= 15 is 0 Å². The van der Waals surface area contributed by atoms with Crippen molar-refractivity contribution in [3.8, 4) is 0 Å². The topological polar surface area (TPSA) is 49.8 Å². The van der Waals surface area contributed by atoms with Crippen LogP contribution in [0.15, 0.2) is 0 Å². The summed E-state index contributed by atoms with van der Waals surface area (Å²) in [6.07, 6.45) is 0.466. The van der Waals surface area contributed by atoms with E-state index < -0.39 is 8.32 Å². The van der Waals surface area contributed by atoms with Gasteiger partial charge in [-0.3, -0.25) is 4.79 Å². The van der Waals surface area contributed by atoms with Crippen molar-refractivity contribution >= 4 is 14.2 Å². The van der Waals surface area contributed by atoms with Gasteiger partial charge in [0.2, 0.25) is 0 Å². The van der Waals surface area contributed by atoms with Crippen molar-refractivity contribution < 1.29 is 14.3 Å². The summed E-state index contributed by atoms with van der Waals surface area (Å²) in [7, 11) is -1.87. The molecule has 1 rings (SSSR count). The van der Waals surface area contributed by atoms with Crippen molar-refractivity contribution in [1.82, 2.24) is 4.90 Å². The van der Waals surface area contributed by atoms with E-state index in [1.807, 2.05) is 0 Å². The van der Waals surface area contributed by atoms with Crippen LogP contribution >= 0.6 is 0 Å². The van der Waals surface area contributed by atoms with E-state index in [2.05, 4.69) is 33.9 Å². The monoisotopic (exact) mass is 259 g/mol. The number of hydrogen-bond donors (Lipinski definition) is 1. The maximum atomic E-state index is 12.0. The molecular formula is C12H25NO3Si. The molecule has 1 aliphatic heterocycles. The van der Waals surface area contributed by atoms with Gasteiger partial charge in [-0.15, -0.1) is 0 Å². The van der Waals surface area contributed by atoms with Crippen molar-refractivity contribution in [1.29, 1.82) is 0 Å². The first kappa shape index (κ1) is 14.7. The van der Waals surface area contributed by atoms with Gasteiger partial charge in [0.15, 0.2) is 8.32 Å². The summed E-state index contributed by atoms with van der Waals surface area (Å²) in [6.45, 7) is 12.0. The predicted octanol–water partition coefficient (Wildman–Crippen LogP) is 1.60. The Balaban J connectivity index is 2.63. The lowest BCUT2D eigenvalue weighted by atomic mass is 10.2. The van der Waals surface area contributed by atoms with Crippen molar-refractivity contribution in [2.24, 2.45) is 0 Å². The number of rotatable bonds is 4. The lowest BCUT2D eigenvalue weighted by Crippen LogP contribution is -2.46. The third-order valence-corrected chi connectivity index (χ3v) is 8.35. The summed E-state index contributed by atoms with van der Waals surface area (Å²) in [5, 5.41) is 8.99. The van der Waals surface area contributed by atoms with Crippen LogP contribution in [0.3, 0.4) is 0 Å². The molecule has 1 saturated heterocycles. The average Bonchev–Trinajstić information content (AvgIpc) is 2.48. The second-order valence-corrected chi connectivity index (χ2v) is 11.0. The van der Waals surface area contributed by atoms with E-state index in [1.165, 1.54) is 0 Å². The summed E-state index contributed by atoms with van der Waals surface area (Å²) >= 11 is 0. The van der Waals surface area contributed by atoms with E-state index in [1.54, 1.807) is 4.90 Å². The first-order chi connectivity index (χ1) is 7.69. The molecule has 0 aromatic carbocycles. The molecule has 1 atom stereocenters. The van der Waals surface area contributed by atoms with Crippen molar-refractivity contribution in [3.05, 3.63) is 0 Å². The molecule has 5 heteroatoms. The molecule has 17 heavy (non-hydrogen) atoms. The van der Waals surface area contributed by atoms with Crippen molar-refractivity contribution in [2.75, 3.05) is 19.7 Å². The quantitative estimate of drug-likeness (QED) is 0.780. The summed E-state index contributed by atoms with van der Waals surface area (Å²) in [5.74, 6) is 0.0453. The highest BCUT2D eigenvalue weighted by Gasteiger charge is 2.43. The first-order valence-electron chi connectivity index (χ1n) is 6.26. The zero-order valence-electron chi connectivity index (χ0n) is 11.6. The average molecular weight is 259 g/mol. The van der Waals surface area contributed by atoms with Gasteiger partial charge in [-0.1, -0.05) is 20.8 Å². The summed E-state index contributed by atoms with van der Waals surface area (Å²) < 4.78 is 6.12. The smallest absolute Gasteiger partial charge is 0.250 e. The van der Waals surface area contributed by atoms with Gasteiger partial charge in [-0.05, 0) is 24.6 Å². The number of amides is 1. The zero-order valence-corrected chi connectivity index (χ0v) is 12.6. The predicted molar refractivity (Wildman–Crippen MR) is 70.4 cm³/mol. The minimum Gasteiger partial charge on any atom is -0.405 e. The first-order valence-corrected chi connectivity index (χ1v) is 9.17. The second-order valence-electron chi connectivity index (χ2n) is 6.20. The van der Waals surface area contributed by atoms with Crippen LogP contribution in [0.1, 0.15) is 27.2 Å². The van der Waals surface area contributed by atoms with Crippen LogP contribution in [0.25, 0.3) is 0 Å². The Kier molecular flexibility index (Phi) is 4.38. The SMILES string of the molecule is CC(C)(C)[Si](C)(C)O[C@H]1CCN(CCO)C1=O. The van der Waals surface area contributed by atoms with Crippen LogP contribution in [0, 0.1) is 0 Å². The second kappa shape index (κ2) is 5.08. The Labute approximate surface area is 105 Å². The lowest BCUT2D eigenvalue weighted by molar-refractivity contribution is -0.134. The van der Waals surface area contributed by atoms with E-state index in [0.717, 1.165) is 6.42 Å². The number of aliphatic hydroxyl groups excluding tert-OH is 1. The fourth-order valence-corrected chi connectivity index (χ4v) is 2.98. The Morgan fingerprint density at radius 1 is 1.47 bits per heavy atom. The number of aliphatic hydroxyl groups is 1. The van der Waals surface area contributed by atoms with Crippen LogP contribution in [0.5, 0.6) is 0 Å². The number of likely N-dealkylation sites (tertiary alicyclic amines) is 1. The number of carbonyl (C=O) groups is 1. The van der Waals surface area contributed by atoms with Crippen LogP contribution in [-0.4, -0.2) is 50.0 Å². The number of carbonyl (C=O) groups excluding carboxylic acids is 1. The van der Waals surface area contributed by atoms with Gasteiger partial charge in [0.05, 0.1) is 6.61 Å². The highest BCUT2D eigenvalue weighted by Crippen LogP contribution is 2.38. The molecule has 0 saturated carbocycles. The molecule has 0 spiro atoms. The third-order valence-electron chi connectivity index (χ3n) is 3.86. The molecule has 1 amide bonds. The van der Waals surface area contributed by atoms with Gasteiger partial charge in [0, 0.05) is 13.1 Å². The molecular weight excluding hydrogens is 234 g/mol. The minimum atomic E-state index is -1.87. The molecule has 0 radical (unpaired) electrons. The number of hydrogen-bond acceptors (Lipinski definition) is 3. The van der Waals surface area contributed by atoms with E-state index in [0.29, 0.717) is 13.1 Å². The Morgan fingerprint density at radius 3 is 2.53 bits per heavy atom. The van der Waals surface area contributed by atoms with Crippen molar-refractivity contribution in [3.63, 3.8) is 0 Å². The molecule has 0 aromatic rings. The van der Waals surface area contributed by atoms with E-state index in [-0.39, 0.29) is 23.7 Å². The molecule has 0 aromatic heterocycles. The lowest BCUT2D eigenvalue weighted by Gasteiger charge is -2.37. The van der Waals surface area contributed by atoms with Gasteiger partial charge in [-0.25, -0.2) is 0 Å². The molecule has 1 fully saturated rings. The van der Waals surface area contributed by atoms with E-state index in [9.17, 15) is 4.79 Å². The summed E-state index contributed by atoms with van der Waals surface area (Å²) in [6, 6.07) is 0. The molecule has 0 bridgehead atoms. The molecule has 0 aliphatic carbocycles. The Bertz CT molecular complexity index is 286. The summed E-state index contributed by atoms with van der Waals surface area (Å²) in [5.41, 5.74) is 0. The van der Waals surface area contributed by atoms with Crippen LogP contribution < -0.4 is 0 Å². The van der Waals surface area contributed by atoms with Crippen LogP contribution in [0.2, 0.25) is 18.1 Å². The zero-order chi connectivity index (χ0) is 13.3. The van der Waals surface area contributed by atoms with E-state index in [4.69, 9.17) is 9.53 Å². The van der Waals surface area contributed by atoms with Gasteiger partial charge < -0.3 is 14.4 Å². The largest absolute Gasteiger partial charge is 0.405 e. The normalized spacial score (nSPS) is 22.4. The molecule has 4 nitrogen and oxygen atoms in total. The fourth-order valence-electron chi connectivity index (χ4n) is 1.69. The Morgan fingerprint density at radius 2 is 2.06 bits per heavy atom. The summed E-state index contributed by atoms with van der Waals surface area (Å²) in [4.78, 5) is 13.7. The highest BCUT2D eigenvalue weighted by atomic mass is 28.4. The number of nitrogens with zero attached hydrogens (tertiary/aromatic N) is 1. The minimum absolute atomic E-state index is 0.0263. The standard InChI is InChI=1S/C12H25NO3Si/c1-12(2,3)17(4,5)16-10-6-7-13(8-9-14)11(10)15/h10,14H,6-9H2,1-5H3/t10-/m0/s1. The fraction of sp³-hybridized carbons (Fsp3) is 0.917. The molecule has 1 N–H and O–H groups in total. The van der Waals surface area contributed by atoms with Gasteiger partial charge in [-0.2, -0.15) is 0 Å². The van der Waals surface area contributed by atoms with Crippen LogP contribution in [0.4, 0.5) is 0 Å². The highest BCUT2D eigenvalue weighted by molar-refractivity contribution is 6.74. The molecule has 0 unspecified atom stereocenters. The molecule has 100 valence electrons. The van der Waals surface area contributed by atoms with Crippen LogP contribution in [-0.2, 0) is 9.22 Å². The molecule has 1 heterocycles. The van der Waals surface area contributed by atoms with Gasteiger partial charge in [0.25, 0.3) is 5.91 Å². The Hall–Kier alpha value is -0.393. The number of β-amino-alcohol motifs (C(OH)–C–C–N with tert-alkyl or cyclic N) is 1. The maximum absolute atomic E-state index is 12.0. The van der Waals surface area contributed by atoms with Gasteiger partial charge in [0.1, 0.15) is 6.10 Å².